The summed E-state index contributed by atoms with van der Waals surface area (Å²) in [6.45, 7) is 6.12. The van der Waals surface area contributed by atoms with Gasteiger partial charge in [-0.2, -0.15) is 0 Å². The van der Waals surface area contributed by atoms with Gasteiger partial charge in [-0.15, -0.1) is 0 Å². The number of allylic oxidation sites excluding steroid dienone is 6. The van der Waals surface area contributed by atoms with Gasteiger partial charge in [0.15, 0.2) is 5.78 Å². The Hall–Kier alpha value is -1.64. The lowest BCUT2D eigenvalue weighted by molar-refractivity contribution is -0.155. The van der Waals surface area contributed by atoms with Crippen molar-refractivity contribution < 1.29 is 14.3 Å². The fraction of sp³-hybridized carbons (Fsp3) is 0.619. The smallest absolute Gasteiger partial charge is 0.302 e. The van der Waals surface area contributed by atoms with Gasteiger partial charge in [-0.05, 0) is 61.2 Å². The quantitative estimate of drug-likeness (QED) is 0.684. The third-order valence-electron chi connectivity index (χ3n) is 7.34. The topological polar surface area (TPSA) is 43.4 Å². The lowest BCUT2D eigenvalue weighted by Crippen LogP contribution is -2.49. The molecule has 3 heteroatoms. The molecule has 24 heavy (non-hydrogen) atoms. The lowest BCUT2D eigenvalue weighted by atomic mass is 9.50. The fourth-order valence-electron chi connectivity index (χ4n) is 6.00. The van der Waals surface area contributed by atoms with E-state index in [1.54, 1.807) is 12.2 Å². The SMILES string of the molecule is CC(=O)O[C@H]1CC[C@@H]2[C@H]3C=CC4=CC(=O)C=C[C@]4(C)[C@@H]3CC[C@@]12C. The van der Waals surface area contributed by atoms with Crippen molar-refractivity contribution in [3.8, 4) is 0 Å². The Morgan fingerprint density at radius 3 is 2.71 bits per heavy atom. The Labute approximate surface area is 143 Å². The molecule has 3 nitrogen and oxygen atoms in total. The zero-order chi connectivity index (χ0) is 17.1. The molecular weight excluding hydrogens is 300 g/mol. The highest BCUT2D eigenvalue weighted by Crippen LogP contribution is 2.63. The van der Waals surface area contributed by atoms with Crippen molar-refractivity contribution in [2.75, 3.05) is 0 Å². The summed E-state index contributed by atoms with van der Waals surface area (Å²) in [5.41, 5.74) is 1.21. The van der Waals surface area contributed by atoms with Crippen LogP contribution in [0.4, 0.5) is 0 Å². The molecule has 4 aliphatic rings. The van der Waals surface area contributed by atoms with Crippen LogP contribution in [0.3, 0.4) is 0 Å². The maximum absolute atomic E-state index is 11.8. The van der Waals surface area contributed by atoms with Crippen LogP contribution >= 0.6 is 0 Å². The van der Waals surface area contributed by atoms with E-state index < -0.39 is 0 Å². The number of esters is 1. The first-order chi connectivity index (χ1) is 11.3. The number of carbonyl (C=O) groups excluding carboxylic acids is 2. The predicted octanol–water partition coefficient (Wildman–Crippen LogP) is 4.00. The highest BCUT2D eigenvalue weighted by atomic mass is 16.5. The van der Waals surface area contributed by atoms with Crippen molar-refractivity contribution in [2.24, 2.45) is 28.6 Å². The maximum Gasteiger partial charge on any atom is 0.302 e. The van der Waals surface area contributed by atoms with Crippen LogP contribution in [0, 0.1) is 28.6 Å². The first kappa shape index (κ1) is 15.9. The van der Waals surface area contributed by atoms with Crippen LogP contribution in [0.1, 0.15) is 46.5 Å². The van der Waals surface area contributed by atoms with Crippen LogP contribution in [-0.2, 0) is 14.3 Å². The summed E-state index contributed by atoms with van der Waals surface area (Å²) in [6, 6.07) is 0. The molecule has 0 unspecified atom stereocenters. The van der Waals surface area contributed by atoms with Crippen molar-refractivity contribution >= 4 is 11.8 Å². The minimum Gasteiger partial charge on any atom is -0.462 e. The molecule has 2 saturated carbocycles. The van der Waals surface area contributed by atoms with Crippen LogP contribution in [0.5, 0.6) is 0 Å². The van der Waals surface area contributed by atoms with E-state index in [4.69, 9.17) is 4.74 Å². The van der Waals surface area contributed by atoms with Gasteiger partial charge < -0.3 is 4.74 Å². The first-order valence-electron chi connectivity index (χ1n) is 9.15. The predicted molar refractivity (Wildman–Crippen MR) is 92.1 cm³/mol. The fourth-order valence-corrected chi connectivity index (χ4v) is 6.00. The standard InChI is InChI=1S/C21H26O3/c1-13(22)24-19-7-6-17-16-5-4-14-12-15(23)8-10-20(14,2)18(16)9-11-21(17,19)3/h4-5,8,10,12,16-19H,6-7,9,11H2,1-3H3/t16-,17-,18-,19+,20+,21-/m1/s1. The maximum atomic E-state index is 11.8. The Morgan fingerprint density at radius 2 is 1.96 bits per heavy atom. The highest BCUT2D eigenvalue weighted by molar-refractivity contribution is 6.01. The highest BCUT2D eigenvalue weighted by Gasteiger charge is 2.58. The van der Waals surface area contributed by atoms with E-state index >= 15 is 0 Å². The monoisotopic (exact) mass is 326 g/mol. The van der Waals surface area contributed by atoms with Crippen LogP contribution in [-0.4, -0.2) is 17.9 Å². The van der Waals surface area contributed by atoms with Crippen molar-refractivity contribution in [1.82, 2.24) is 0 Å². The molecule has 128 valence electrons. The normalized spacial score (nSPS) is 46.0. The number of ketones is 1. The van der Waals surface area contributed by atoms with Gasteiger partial charge in [0, 0.05) is 17.8 Å². The average Bonchev–Trinajstić information content (AvgIpc) is 2.84. The Morgan fingerprint density at radius 1 is 1.17 bits per heavy atom. The summed E-state index contributed by atoms with van der Waals surface area (Å²) in [5.74, 6) is 1.54. The molecule has 4 aliphatic carbocycles. The van der Waals surface area contributed by atoms with Gasteiger partial charge in [0.1, 0.15) is 6.10 Å². The largest absolute Gasteiger partial charge is 0.462 e. The number of hydrogen-bond acceptors (Lipinski definition) is 3. The van der Waals surface area contributed by atoms with Gasteiger partial charge in [-0.25, -0.2) is 0 Å². The van der Waals surface area contributed by atoms with E-state index in [0.717, 1.165) is 31.3 Å². The Kier molecular flexibility index (Phi) is 3.42. The molecule has 0 amide bonds. The molecule has 0 aromatic heterocycles. The molecule has 0 bridgehead atoms. The van der Waals surface area contributed by atoms with E-state index in [9.17, 15) is 9.59 Å². The van der Waals surface area contributed by atoms with E-state index in [2.05, 4.69) is 32.1 Å². The average molecular weight is 326 g/mol. The summed E-state index contributed by atoms with van der Waals surface area (Å²) in [4.78, 5) is 23.2. The molecule has 0 heterocycles. The number of rotatable bonds is 1. The third-order valence-corrected chi connectivity index (χ3v) is 7.34. The molecular formula is C21H26O3. The van der Waals surface area contributed by atoms with Crippen molar-refractivity contribution in [2.45, 2.75) is 52.6 Å². The second-order valence-corrected chi connectivity index (χ2v) is 8.49. The summed E-state index contributed by atoms with van der Waals surface area (Å²) in [7, 11) is 0. The first-order valence-corrected chi connectivity index (χ1v) is 9.15. The van der Waals surface area contributed by atoms with Gasteiger partial charge >= 0.3 is 5.97 Å². The zero-order valence-electron chi connectivity index (χ0n) is 14.7. The molecule has 0 N–H and O–H groups in total. The van der Waals surface area contributed by atoms with Crippen molar-refractivity contribution in [3.05, 3.63) is 36.0 Å². The summed E-state index contributed by atoms with van der Waals surface area (Å²) in [6.07, 6.45) is 14.6. The van der Waals surface area contributed by atoms with Gasteiger partial charge in [0.2, 0.25) is 0 Å². The molecule has 0 radical (unpaired) electrons. The third kappa shape index (κ3) is 2.09. The lowest BCUT2D eigenvalue weighted by Gasteiger charge is -2.54. The second-order valence-electron chi connectivity index (χ2n) is 8.49. The van der Waals surface area contributed by atoms with Crippen LogP contribution in [0.2, 0.25) is 0 Å². The molecule has 0 aromatic rings. The summed E-state index contributed by atoms with van der Waals surface area (Å²) in [5, 5.41) is 0. The molecule has 0 spiro atoms. The van der Waals surface area contributed by atoms with E-state index in [1.807, 2.05) is 0 Å². The van der Waals surface area contributed by atoms with Crippen molar-refractivity contribution in [3.63, 3.8) is 0 Å². The minimum atomic E-state index is -0.158. The molecule has 0 aromatic carbocycles. The van der Waals surface area contributed by atoms with Gasteiger partial charge in [-0.3, -0.25) is 9.59 Å². The van der Waals surface area contributed by atoms with E-state index in [1.165, 1.54) is 6.92 Å². The summed E-state index contributed by atoms with van der Waals surface area (Å²) >= 11 is 0. The summed E-state index contributed by atoms with van der Waals surface area (Å²) < 4.78 is 5.68. The van der Waals surface area contributed by atoms with Crippen LogP contribution < -0.4 is 0 Å². The van der Waals surface area contributed by atoms with E-state index in [0.29, 0.717) is 17.8 Å². The molecule has 0 saturated heterocycles. The van der Waals surface area contributed by atoms with Gasteiger partial charge in [0.25, 0.3) is 0 Å². The molecule has 2 fully saturated rings. The van der Waals surface area contributed by atoms with Crippen LogP contribution in [0.15, 0.2) is 36.0 Å². The number of fused-ring (bicyclic) bond motifs is 5. The minimum absolute atomic E-state index is 0.0336. The van der Waals surface area contributed by atoms with Gasteiger partial charge in [-0.1, -0.05) is 32.1 Å². The molecule has 6 atom stereocenters. The van der Waals surface area contributed by atoms with E-state index in [-0.39, 0.29) is 28.7 Å². The Bertz CT molecular complexity index is 685. The van der Waals surface area contributed by atoms with Crippen molar-refractivity contribution in [1.29, 1.82) is 0 Å². The molecule has 4 rings (SSSR count). The number of ether oxygens (including phenoxy) is 1. The second kappa shape index (κ2) is 5.18. The number of carbonyl (C=O) groups is 2. The zero-order valence-corrected chi connectivity index (χ0v) is 14.7. The Balaban J connectivity index is 1.68. The van der Waals surface area contributed by atoms with Gasteiger partial charge in [0.05, 0.1) is 0 Å². The van der Waals surface area contributed by atoms with Crippen LogP contribution in [0.25, 0.3) is 0 Å². The number of hydrogen-bond donors (Lipinski definition) is 0. The molecule has 0 aliphatic heterocycles.